The fourth-order valence-electron chi connectivity index (χ4n) is 3.17. The number of ether oxygens (including phenoxy) is 1. The van der Waals surface area contributed by atoms with Gasteiger partial charge in [0.2, 0.25) is 11.8 Å². The minimum Gasteiger partial charge on any atom is -0.462 e. The Morgan fingerprint density at radius 2 is 1.82 bits per heavy atom. The lowest BCUT2D eigenvalue weighted by Gasteiger charge is -2.18. The number of nitrogens with one attached hydrogen (secondary N) is 1. The van der Waals surface area contributed by atoms with Crippen molar-refractivity contribution in [3.63, 3.8) is 0 Å². The van der Waals surface area contributed by atoms with Crippen LogP contribution in [0.1, 0.15) is 34.8 Å². The summed E-state index contributed by atoms with van der Waals surface area (Å²) in [5.41, 5.74) is 4.10. The summed E-state index contributed by atoms with van der Waals surface area (Å²) >= 11 is 0. The van der Waals surface area contributed by atoms with Gasteiger partial charge >= 0.3 is 5.97 Å². The standard InChI is InChI=1S/C22H24N2O4/c1-4-28-22(27)16-6-8-18(9-7-16)23-21(26)17-12-20(25)24(13-17)19-10-5-14(2)15(3)11-19/h5-11,17H,4,12-13H2,1-3H3,(H,23,26). The van der Waals surface area contributed by atoms with E-state index in [1.807, 2.05) is 32.0 Å². The molecule has 6 nitrogen and oxygen atoms in total. The van der Waals surface area contributed by atoms with Crippen LogP contribution in [0, 0.1) is 19.8 Å². The summed E-state index contributed by atoms with van der Waals surface area (Å²) in [5.74, 6) is -1.07. The van der Waals surface area contributed by atoms with Gasteiger partial charge in [-0.15, -0.1) is 0 Å². The van der Waals surface area contributed by atoms with Gasteiger partial charge in [-0.3, -0.25) is 9.59 Å². The molecule has 6 heteroatoms. The van der Waals surface area contributed by atoms with E-state index in [0.717, 1.165) is 16.8 Å². The molecule has 1 heterocycles. The van der Waals surface area contributed by atoms with Gasteiger partial charge in [-0.1, -0.05) is 6.07 Å². The number of carbonyl (C=O) groups excluding carboxylic acids is 3. The van der Waals surface area contributed by atoms with Crippen molar-refractivity contribution in [1.29, 1.82) is 0 Å². The number of benzene rings is 2. The Morgan fingerprint density at radius 3 is 2.46 bits per heavy atom. The average Bonchev–Trinajstić information content (AvgIpc) is 3.06. The van der Waals surface area contributed by atoms with E-state index in [0.29, 0.717) is 24.4 Å². The summed E-state index contributed by atoms with van der Waals surface area (Å²) in [7, 11) is 0. The Kier molecular flexibility index (Phi) is 5.78. The van der Waals surface area contributed by atoms with E-state index in [2.05, 4.69) is 5.32 Å². The number of hydrogen-bond acceptors (Lipinski definition) is 4. The maximum Gasteiger partial charge on any atom is 0.338 e. The van der Waals surface area contributed by atoms with Crippen molar-refractivity contribution in [3.8, 4) is 0 Å². The Morgan fingerprint density at radius 1 is 1.11 bits per heavy atom. The van der Waals surface area contributed by atoms with Crippen LogP contribution in [-0.4, -0.2) is 30.9 Å². The number of esters is 1. The molecule has 3 rings (SSSR count). The van der Waals surface area contributed by atoms with Crippen LogP contribution < -0.4 is 10.2 Å². The molecule has 0 saturated carbocycles. The third-order valence-corrected chi connectivity index (χ3v) is 4.96. The van der Waals surface area contributed by atoms with Crippen LogP contribution in [0.3, 0.4) is 0 Å². The summed E-state index contributed by atoms with van der Waals surface area (Å²) < 4.78 is 4.94. The Hall–Kier alpha value is -3.15. The molecular formula is C22H24N2O4. The van der Waals surface area contributed by atoms with Crippen molar-refractivity contribution in [2.45, 2.75) is 27.2 Å². The number of rotatable bonds is 5. The lowest BCUT2D eigenvalue weighted by molar-refractivity contribution is -0.122. The highest BCUT2D eigenvalue weighted by Crippen LogP contribution is 2.27. The quantitative estimate of drug-likeness (QED) is 0.806. The topological polar surface area (TPSA) is 75.7 Å². The van der Waals surface area contributed by atoms with Crippen LogP contribution in [0.15, 0.2) is 42.5 Å². The first kappa shape index (κ1) is 19.6. The first-order valence-electron chi connectivity index (χ1n) is 9.34. The summed E-state index contributed by atoms with van der Waals surface area (Å²) in [5, 5.41) is 2.83. The molecule has 1 atom stereocenters. The molecule has 0 aliphatic carbocycles. The van der Waals surface area contributed by atoms with Crippen molar-refractivity contribution < 1.29 is 19.1 Å². The summed E-state index contributed by atoms with van der Waals surface area (Å²) in [6.07, 6.45) is 0.180. The monoisotopic (exact) mass is 380 g/mol. The Labute approximate surface area is 164 Å². The second-order valence-corrected chi connectivity index (χ2v) is 6.96. The van der Waals surface area contributed by atoms with Crippen molar-refractivity contribution in [1.82, 2.24) is 0 Å². The number of anilines is 2. The number of amides is 2. The lowest BCUT2D eigenvalue weighted by Crippen LogP contribution is -2.28. The number of hydrogen-bond donors (Lipinski definition) is 1. The molecule has 1 aliphatic heterocycles. The van der Waals surface area contributed by atoms with Crippen LogP contribution in [-0.2, 0) is 14.3 Å². The zero-order chi connectivity index (χ0) is 20.3. The maximum atomic E-state index is 12.6. The van der Waals surface area contributed by atoms with Crippen molar-refractivity contribution >= 4 is 29.2 Å². The van der Waals surface area contributed by atoms with Crippen LogP contribution in [0.2, 0.25) is 0 Å². The van der Waals surface area contributed by atoms with Gasteiger partial charge in [0.05, 0.1) is 18.1 Å². The van der Waals surface area contributed by atoms with E-state index in [9.17, 15) is 14.4 Å². The van der Waals surface area contributed by atoms with Gasteiger partial charge in [-0.2, -0.15) is 0 Å². The maximum absolute atomic E-state index is 12.6. The molecule has 2 aromatic rings. The fourth-order valence-corrected chi connectivity index (χ4v) is 3.17. The van der Waals surface area contributed by atoms with Gasteiger partial charge in [0, 0.05) is 24.3 Å². The predicted octanol–water partition coefficient (Wildman–Crippen LogP) is 3.47. The van der Waals surface area contributed by atoms with Crippen LogP contribution in [0.25, 0.3) is 0 Å². The molecule has 1 unspecified atom stereocenters. The van der Waals surface area contributed by atoms with Gasteiger partial charge in [-0.05, 0) is 68.3 Å². The van der Waals surface area contributed by atoms with Crippen molar-refractivity contribution in [2.24, 2.45) is 5.92 Å². The second-order valence-electron chi connectivity index (χ2n) is 6.96. The molecule has 1 N–H and O–H groups in total. The van der Waals surface area contributed by atoms with Gasteiger partial charge < -0.3 is 15.0 Å². The Balaban J connectivity index is 1.64. The van der Waals surface area contributed by atoms with Crippen molar-refractivity contribution in [2.75, 3.05) is 23.4 Å². The van der Waals surface area contributed by atoms with E-state index in [1.165, 1.54) is 0 Å². The first-order chi connectivity index (χ1) is 13.4. The number of carbonyl (C=O) groups is 3. The molecular weight excluding hydrogens is 356 g/mol. The first-order valence-corrected chi connectivity index (χ1v) is 9.34. The van der Waals surface area contributed by atoms with E-state index >= 15 is 0 Å². The molecule has 2 aromatic carbocycles. The van der Waals surface area contributed by atoms with Gasteiger partial charge in [-0.25, -0.2) is 4.79 Å². The molecule has 0 spiro atoms. The molecule has 1 saturated heterocycles. The highest BCUT2D eigenvalue weighted by Gasteiger charge is 2.35. The second kappa shape index (κ2) is 8.25. The SMILES string of the molecule is CCOC(=O)c1ccc(NC(=O)C2CC(=O)N(c3ccc(C)c(C)c3)C2)cc1. The molecule has 146 valence electrons. The molecule has 0 aromatic heterocycles. The van der Waals surface area contributed by atoms with E-state index < -0.39 is 11.9 Å². The van der Waals surface area contributed by atoms with Gasteiger partial charge in [0.15, 0.2) is 0 Å². The smallest absolute Gasteiger partial charge is 0.338 e. The average molecular weight is 380 g/mol. The normalized spacial score (nSPS) is 16.2. The molecule has 1 aliphatic rings. The summed E-state index contributed by atoms with van der Waals surface area (Å²) in [6.45, 7) is 6.44. The molecule has 2 amide bonds. The van der Waals surface area contributed by atoms with Gasteiger partial charge in [0.25, 0.3) is 0 Å². The molecule has 0 radical (unpaired) electrons. The van der Waals surface area contributed by atoms with Crippen molar-refractivity contribution in [3.05, 3.63) is 59.2 Å². The van der Waals surface area contributed by atoms with E-state index in [-0.39, 0.29) is 18.2 Å². The van der Waals surface area contributed by atoms with Crippen LogP contribution >= 0.6 is 0 Å². The molecule has 1 fully saturated rings. The summed E-state index contributed by atoms with van der Waals surface area (Å²) in [4.78, 5) is 38.4. The lowest BCUT2D eigenvalue weighted by atomic mass is 10.1. The fraction of sp³-hybridized carbons (Fsp3) is 0.318. The van der Waals surface area contributed by atoms with Crippen LogP contribution in [0.4, 0.5) is 11.4 Å². The zero-order valence-corrected chi connectivity index (χ0v) is 16.3. The highest BCUT2D eigenvalue weighted by molar-refractivity contribution is 6.03. The third kappa shape index (κ3) is 4.22. The Bertz CT molecular complexity index is 905. The van der Waals surface area contributed by atoms with E-state index in [1.54, 1.807) is 36.1 Å². The number of nitrogens with zero attached hydrogens (tertiary/aromatic N) is 1. The van der Waals surface area contributed by atoms with Gasteiger partial charge in [0.1, 0.15) is 0 Å². The zero-order valence-electron chi connectivity index (χ0n) is 16.3. The van der Waals surface area contributed by atoms with Crippen LogP contribution in [0.5, 0.6) is 0 Å². The molecule has 0 bridgehead atoms. The van der Waals surface area contributed by atoms with E-state index in [4.69, 9.17) is 4.74 Å². The number of aryl methyl sites for hydroxylation is 2. The largest absolute Gasteiger partial charge is 0.462 e. The highest BCUT2D eigenvalue weighted by atomic mass is 16.5. The predicted molar refractivity (Wildman–Crippen MR) is 107 cm³/mol. The summed E-state index contributed by atoms with van der Waals surface area (Å²) in [6, 6.07) is 12.4. The minimum absolute atomic E-state index is 0.0546. The minimum atomic E-state index is -0.418. The molecule has 28 heavy (non-hydrogen) atoms. The third-order valence-electron chi connectivity index (χ3n) is 4.96.